The zero-order chi connectivity index (χ0) is 22.4. The third kappa shape index (κ3) is 5.35. The van der Waals surface area contributed by atoms with E-state index < -0.39 is 11.8 Å². The third-order valence-corrected chi connectivity index (χ3v) is 4.50. The number of aromatic amines is 1. The van der Waals surface area contributed by atoms with Crippen molar-refractivity contribution in [2.24, 2.45) is 0 Å². The number of anilines is 1. The molecule has 0 unspecified atom stereocenters. The van der Waals surface area contributed by atoms with E-state index in [-0.39, 0.29) is 23.9 Å². The van der Waals surface area contributed by atoms with Crippen LogP contribution in [0.5, 0.6) is 5.75 Å². The molecule has 162 valence electrons. The van der Waals surface area contributed by atoms with Gasteiger partial charge in [0.25, 0.3) is 5.56 Å². The number of aromatic nitrogens is 4. The molecular formula is C21H24N6O4. The highest BCUT2D eigenvalue weighted by atomic mass is 16.5. The molecule has 0 aliphatic heterocycles. The molecule has 0 spiro atoms. The lowest BCUT2D eigenvalue weighted by atomic mass is 10.1. The largest absolute Gasteiger partial charge is 0.496 e. The number of aryl methyl sites for hydroxylation is 2. The summed E-state index contributed by atoms with van der Waals surface area (Å²) in [6, 6.07) is 10.4. The first-order valence-corrected chi connectivity index (χ1v) is 9.79. The fourth-order valence-corrected chi connectivity index (χ4v) is 3.00. The van der Waals surface area contributed by atoms with E-state index in [2.05, 4.69) is 25.7 Å². The Morgan fingerprint density at radius 3 is 2.71 bits per heavy atom. The summed E-state index contributed by atoms with van der Waals surface area (Å²) in [6.07, 6.45) is 1.07. The van der Waals surface area contributed by atoms with Gasteiger partial charge in [-0.05, 0) is 31.4 Å². The Kier molecular flexibility index (Phi) is 6.81. The van der Waals surface area contributed by atoms with Gasteiger partial charge in [-0.15, -0.1) is 0 Å². The Labute approximate surface area is 178 Å². The van der Waals surface area contributed by atoms with Gasteiger partial charge in [0.15, 0.2) is 0 Å². The number of amides is 2. The van der Waals surface area contributed by atoms with E-state index in [0.717, 1.165) is 11.3 Å². The van der Waals surface area contributed by atoms with Crippen molar-refractivity contribution in [2.45, 2.75) is 26.7 Å². The van der Waals surface area contributed by atoms with E-state index in [4.69, 9.17) is 4.74 Å². The van der Waals surface area contributed by atoms with E-state index in [9.17, 15) is 14.4 Å². The fraction of sp³-hybridized carbons (Fsp3) is 0.286. The molecule has 2 heterocycles. The maximum Gasteiger partial charge on any atom is 0.314 e. The molecule has 0 saturated heterocycles. The molecule has 10 nitrogen and oxygen atoms in total. The number of carbonyl (C=O) groups is 2. The molecule has 0 aliphatic carbocycles. The van der Waals surface area contributed by atoms with Crippen LogP contribution in [0.15, 0.2) is 41.2 Å². The summed E-state index contributed by atoms with van der Waals surface area (Å²) in [5, 5.41) is 9.36. The maximum absolute atomic E-state index is 12.4. The van der Waals surface area contributed by atoms with Gasteiger partial charge < -0.3 is 15.4 Å². The summed E-state index contributed by atoms with van der Waals surface area (Å²) < 4.78 is 6.57. The molecule has 3 aromatic rings. The van der Waals surface area contributed by atoms with Crippen LogP contribution in [-0.4, -0.2) is 45.2 Å². The molecule has 31 heavy (non-hydrogen) atoms. The Balaban J connectivity index is 1.67. The number of hydrogen-bond donors (Lipinski definition) is 3. The summed E-state index contributed by atoms with van der Waals surface area (Å²) in [5.41, 5.74) is 1.75. The van der Waals surface area contributed by atoms with Gasteiger partial charge in [-0.3, -0.25) is 19.4 Å². The van der Waals surface area contributed by atoms with Gasteiger partial charge in [-0.25, -0.2) is 4.98 Å². The Bertz CT molecular complexity index is 1150. The predicted molar refractivity (Wildman–Crippen MR) is 114 cm³/mol. The molecule has 2 aromatic heterocycles. The monoisotopic (exact) mass is 424 g/mol. The van der Waals surface area contributed by atoms with Crippen molar-refractivity contribution >= 4 is 17.6 Å². The van der Waals surface area contributed by atoms with Crippen molar-refractivity contribution in [2.75, 3.05) is 19.0 Å². The topological polar surface area (TPSA) is 131 Å². The average molecular weight is 424 g/mol. The summed E-state index contributed by atoms with van der Waals surface area (Å²) in [7, 11) is 1.58. The first-order chi connectivity index (χ1) is 14.9. The van der Waals surface area contributed by atoms with Crippen LogP contribution in [0.4, 0.5) is 5.82 Å². The predicted octanol–water partition coefficient (Wildman–Crippen LogP) is 1.13. The second-order valence-electron chi connectivity index (χ2n) is 6.77. The number of methoxy groups -OCH3 is 1. The Morgan fingerprint density at radius 1 is 1.19 bits per heavy atom. The summed E-state index contributed by atoms with van der Waals surface area (Å²) in [5.74, 6) is -0.543. The molecular weight excluding hydrogens is 400 g/mol. The quantitative estimate of drug-likeness (QED) is 0.488. The van der Waals surface area contributed by atoms with Gasteiger partial charge in [-0.2, -0.15) is 9.78 Å². The fourth-order valence-electron chi connectivity index (χ4n) is 3.00. The number of carbonyl (C=O) groups excluding carboxylic acids is 2. The molecule has 0 atom stereocenters. The van der Waals surface area contributed by atoms with Crippen LogP contribution in [-0.2, 0) is 22.4 Å². The van der Waals surface area contributed by atoms with Crippen molar-refractivity contribution < 1.29 is 14.3 Å². The first kappa shape index (κ1) is 21.8. The zero-order valence-electron chi connectivity index (χ0n) is 17.6. The van der Waals surface area contributed by atoms with Gasteiger partial charge in [0.1, 0.15) is 11.6 Å². The van der Waals surface area contributed by atoms with Crippen molar-refractivity contribution in [3.05, 3.63) is 63.7 Å². The lowest BCUT2D eigenvalue weighted by Gasteiger charge is -2.10. The number of nitrogens with zero attached hydrogens (tertiary/aromatic N) is 3. The summed E-state index contributed by atoms with van der Waals surface area (Å²) in [6.45, 7) is 3.86. The molecule has 10 heteroatoms. The zero-order valence-corrected chi connectivity index (χ0v) is 17.6. The number of ether oxygens (including phenoxy) is 1. The smallest absolute Gasteiger partial charge is 0.314 e. The van der Waals surface area contributed by atoms with Gasteiger partial charge in [0.2, 0.25) is 5.95 Å². The highest BCUT2D eigenvalue weighted by Crippen LogP contribution is 2.17. The second kappa shape index (κ2) is 9.70. The van der Waals surface area contributed by atoms with Gasteiger partial charge in [-0.1, -0.05) is 25.1 Å². The number of rotatable bonds is 7. The number of para-hydroxylation sites is 1. The third-order valence-electron chi connectivity index (χ3n) is 4.50. The van der Waals surface area contributed by atoms with Crippen molar-refractivity contribution in [1.29, 1.82) is 0 Å². The Morgan fingerprint density at radius 2 is 1.97 bits per heavy atom. The molecule has 3 rings (SSSR count). The van der Waals surface area contributed by atoms with Crippen LogP contribution < -0.4 is 20.9 Å². The van der Waals surface area contributed by atoms with Crippen molar-refractivity contribution in [3.8, 4) is 11.7 Å². The molecule has 0 saturated carbocycles. The molecule has 1 aromatic carbocycles. The van der Waals surface area contributed by atoms with E-state index in [1.165, 1.54) is 10.7 Å². The molecule has 2 amide bonds. The van der Waals surface area contributed by atoms with Crippen molar-refractivity contribution in [3.63, 3.8) is 0 Å². The summed E-state index contributed by atoms with van der Waals surface area (Å²) >= 11 is 0. The van der Waals surface area contributed by atoms with E-state index in [0.29, 0.717) is 24.2 Å². The number of benzene rings is 1. The lowest BCUT2D eigenvalue weighted by molar-refractivity contribution is -0.136. The maximum atomic E-state index is 12.4. The normalized spacial score (nSPS) is 10.5. The van der Waals surface area contributed by atoms with Crippen LogP contribution in [0.25, 0.3) is 5.95 Å². The number of nitrogens with one attached hydrogen (secondary N) is 3. The van der Waals surface area contributed by atoms with E-state index >= 15 is 0 Å². The van der Waals surface area contributed by atoms with Crippen molar-refractivity contribution in [1.82, 2.24) is 25.1 Å². The SMILES string of the molecule is CCc1cc(=O)[nH]c(-n2nc(C)cc2NC(=O)C(=O)NCCc2ccccc2OC)n1. The average Bonchev–Trinajstić information content (AvgIpc) is 3.13. The molecule has 0 radical (unpaired) electrons. The molecule has 0 aliphatic rings. The molecule has 3 N–H and O–H groups in total. The minimum absolute atomic E-state index is 0.157. The standard InChI is InChI=1S/C21H24N6O4/c1-4-15-12-18(28)25-21(23-15)27-17(11-13(2)26-27)24-20(30)19(29)22-10-9-14-7-5-6-8-16(14)31-3/h5-8,11-12H,4,9-10H2,1-3H3,(H,22,29)(H,24,30)(H,23,25,28). The van der Waals surface area contributed by atoms with Crippen LogP contribution >= 0.6 is 0 Å². The minimum atomic E-state index is -0.852. The number of hydrogen-bond acceptors (Lipinski definition) is 6. The second-order valence-corrected chi connectivity index (χ2v) is 6.77. The highest BCUT2D eigenvalue weighted by molar-refractivity contribution is 6.39. The van der Waals surface area contributed by atoms with Gasteiger partial charge in [0, 0.05) is 24.4 Å². The van der Waals surface area contributed by atoms with Gasteiger partial charge in [0.05, 0.1) is 12.8 Å². The number of H-pyrrole nitrogens is 1. The van der Waals surface area contributed by atoms with E-state index in [1.807, 2.05) is 31.2 Å². The summed E-state index contributed by atoms with van der Waals surface area (Å²) in [4.78, 5) is 43.4. The minimum Gasteiger partial charge on any atom is -0.496 e. The van der Waals surface area contributed by atoms with Gasteiger partial charge >= 0.3 is 11.8 Å². The molecule has 0 fully saturated rings. The first-order valence-electron chi connectivity index (χ1n) is 9.79. The molecule has 0 bridgehead atoms. The van der Waals surface area contributed by atoms with Crippen LogP contribution in [0.1, 0.15) is 23.9 Å². The van der Waals surface area contributed by atoms with Crippen LogP contribution in [0, 0.1) is 6.92 Å². The van der Waals surface area contributed by atoms with Crippen LogP contribution in [0.3, 0.4) is 0 Å². The Hall–Kier alpha value is -3.95. The lowest BCUT2D eigenvalue weighted by Crippen LogP contribution is -2.37. The van der Waals surface area contributed by atoms with E-state index in [1.54, 1.807) is 20.1 Å². The highest BCUT2D eigenvalue weighted by Gasteiger charge is 2.18. The van der Waals surface area contributed by atoms with Crippen LogP contribution in [0.2, 0.25) is 0 Å².